The quantitative estimate of drug-likeness (QED) is 0.194. The number of nitrogens with zero attached hydrogens (tertiary/aromatic N) is 3. The number of carbonyl (C=O) groups excluding carboxylic acids is 2. The molecule has 1 aliphatic carbocycles. The zero-order valence-corrected chi connectivity index (χ0v) is 25.9. The highest BCUT2D eigenvalue weighted by Crippen LogP contribution is 2.38. The van der Waals surface area contributed by atoms with E-state index in [0.29, 0.717) is 18.1 Å². The first-order valence-electron chi connectivity index (χ1n) is 14.8. The highest BCUT2D eigenvalue weighted by Gasteiger charge is 2.29. The number of aryl methyl sites for hydroxylation is 1. The molecule has 0 fully saturated rings. The molecule has 0 saturated carbocycles. The van der Waals surface area contributed by atoms with E-state index in [2.05, 4.69) is 47.9 Å². The Balaban J connectivity index is 1.26. The standard InChI is InChI=1S/C34H40N6O4/c1-22-10-12-26(13-11-22)40-32(19-31(38-40)34(3,4)5)37-33(42)36-29-14-15-30(28-9-7-6-8-27(28)29)43-20-24-16-17-35-25(18-24)21-44-39-23(2)41/h6-13,16-19,29-30H,14-15,20-21H2,1-5H3,(H,39,41)(H2,36,37,42). The van der Waals surface area contributed by atoms with Crippen LogP contribution >= 0.6 is 0 Å². The summed E-state index contributed by atoms with van der Waals surface area (Å²) in [7, 11) is 0. The fraction of sp³-hybridized carbons (Fsp3) is 0.353. The van der Waals surface area contributed by atoms with Gasteiger partial charge in [0, 0.05) is 24.6 Å². The van der Waals surface area contributed by atoms with Crippen molar-refractivity contribution in [2.75, 3.05) is 5.32 Å². The number of amides is 3. The van der Waals surface area contributed by atoms with Crippen LogP contribution in [0.1, 0.15) is 86.3 Å². The summed E-state index contributed by atoms with van der Waals surface area (Å²) in [6.45, 7) is 10.3. The van der Waals surface area contributed by atoms with Gasteiger partial charge >= 0.3 is 6.03 Å². The molecule has 1 aliphatic rings. The maximum Gasteiger partial charge on any atom is 0.320 e. The number of anilines is 1. The van der Waals surface area contributed by atoms with Crippen LogP contribution < -0.4 is 16.1 Å². The van der Waals surface area contributed by atoms with E-state index < -0.39 is 0 Å². The van der Waals surface area contributed by atoms with Crippen LogP contribution in [-0.2, 0) is 33.0 Å². The van der Waals surface area contributed by atoms with Gasteiger partial charge in [-0.05, 0) is 60.7 Å². The van der Waals surface area contributed by atoms with E-state index >= 15 is 0 Å². The highest BCUT2D eigenvalue weighted by atomic mass is 16.6. The second-order valence-corrected chi connectivity index (χ2v) is 12.2. The van der Waals surface area contributed by atoms with Gasteiger partial charge < -0.3 is 10.1 Å². The number of urea groups is 1. The number of pyridine rings is 1. The normalized spacial score (nSPS) is 16.2. The average molecular weight is 597 g/mol. The third-order valence-electron chi connectivity index (χ3n) is 7.51. The lowest BCUT2D eigenvalue weighted by atomic mass is 9.85. The molecule has 3 N–H and O–H groups in total. The number of benzene rings is 2. The molecule has 2 unspecified atom stereocenters. The van der Waals surface area contributed by atoms with Gasteiger partial charge in [-0.2, -0.15) is 5.10 Å². The molecule has 0 saturated heterocycles. The highest BCUT2D eigenvalue weighted by molar-refractivity contribution is 5.89. The van der Waals surface area contributed by atoms with E-state index in [1.807, 2.05) is 67.6 Å². The summed E-state index contributed by atoms with van der Waals surface area (Å²) < 4.78 is 8.16. The monoisotopic (exact) mass is 596 g/mol. The molecular weight excluding hydrogens is 556 g/mol. The molecule has 10 heteroatoms. The second kappa shape index (κ2) is 13.4. The predicted molar refractivity (Wildman–Crippen MR) is 168 cm³/mol. The van der Waals surface area contributed by atoms with Crippen LogP contribution in [0.2, 0.25) is 0 Å². The van der Waals surface area contributed by atoms with Crippen molar-refractivity contribution < 1.29 is 19.2 Å². The Hall–Kier alpha value is -4.54. The van der Waals surface area contributed by atoms with Gasteiger partial charge in [0.25, 0.3) is 0 Å². The Labute approximate surface area is 258 Å². The summed E-state index contributed by atoms with van der Waals surface area (Å²) in [4.78, 5) is 33.9. The predicted octanol–water partition coefficient (Wildman–Crippen LogP) is 6.36. The molecule has 3 amide bonds. The number of hydrogen-bond donors (Lipinski definition) is 3. The van der Waals surface area contributed by atoms with E-state index in [-0.39, 0.29) is 36.1 Å². The molecule has 2 atom stereocenters. The van der Waals surface area contributed by atoms with Crippen molar-refractivity contribution in [3.8, 4) is 5.69 Å². The van der Waals surface area contributed by atoms with Gasteiger partial charge in [0.05, 0.1) is 35.8 Å². The van der Waals surface area contributed by atoms with Crippen molar-refractivity contribution >= 4 is 17.8 Å². The number of hydroxylamine groups is 1. The minimum absolute atomic E-state index is 0.114. The molecule has 2 aromatic carbocycles. The number of rotatable bonds is 9. The van der Waals surface area contributed by atoms with Crippen LogP contribution in [0.3, 0.4) is 0 Å². The van der Waals surface area contributed by atoms with Crippen LogP contribution in [0.4, 0.5) is 10.6 Å². The Morgan fingerprint density at radius 1 is 0.977 bits per heavy atom. The van der Waals surface area contributed by atoms with E-state index in [9.17, 15) is 9.59 Å². The molecule has 0 spiro atoms. The van der Waals surface area contributed by atoms with Crippen molar-refractivity contribution in [1.82, 2.24) is 25.6 Å². The molecule has 10 nitrogen and oxygen atoms in total. The Bertz CT molecular complexity index is 1610. The summed E-state index contributed by atoms with van der Waals surface area (Å²) in [6, 6.07) is 21.5. The average Bonchev–Trinajstić information content (AvgIpc) is 3.41. The molecule has 4 aromatic rings. The van der Waals surface area contributed by atoms with Gasteiger partial charge in [-0.1, -0.05) is 62.7 Å². The molecular formula is C34H40N6O4. The van der Waals surface area contributed by atoms with E-state index in [1.54, 1.807) is 10.9 Å². The summed E-state index contributed by atoms with van der Waals surface area (Å²) in [5.41, 5.74) is 8.80. The lowest BCUT2D eigenvalue weighted by Crippen LogP contribution is -2.35. The first kappa shape index (κ1) is 30.9. The minimum Gasteiger partial charge on any atom is -0.369 e. The van der Waals surface area contributed by atoms with Gasteiger partial charge in [-0.15, -0.1) is 0 Å². The lowest BCUT2D eigenvalue weighted by Gasteiger charge is -2.32. The number of hydrogen-bond acceptors (Lipinski definition) is 6. The van der Waals surface area contributed by atoms with Crippen molar-refractivity contribution in [2.45, 2.75) is 78.2 Å². The lowest BCUT2D eigenvalue weighted by molar-refractivity contribution is -0.132. The SMILES string of the molecule is CC(=O)NOCc1cc(COC2CCC(NC(=O)Nc3cc(C(C)(C)C)nn3-c3ccc(C)cc3)c3ccccc32)ccn1. The molecule has 44 heavy (non-hydrogen) atoms. The van der Waals surface area contributed by atoms with E-state index in [4.69, 9.17) is 14.7 Å². The van der Waals surface area contributed by atoms with Crippen molar-refractivity contribution in [3.63, 3.8) is 0 Å². The van der Waals surface area contributed by atoms with Gasteiger partial charge in [0.15, 0.2) is 0 Å². The first-order valence-corrected chi connectivity index (χ1v) is 14.8. The zero-order valence-electron chi connectivity index (χ0n) is 25.9. The molecule has 0 bridgehead atoms. The van der Waals surface area contributed by atoms with Crippen molar-refractivity contribution in [1.29, 1.82) is 0 Å². The number of aromatic nitrogens is 3. The van der Waals surface area contributed by atoms with Crippen LogP contribution in [-0.4, -0.2) is 26.7 Å². The minimum atomic E-state index is -0.288. The maximum atomic E-state index is 13.4. The smallest absolute Gasteiger partial charge is 0.320 e. The Kier molecular flexibility index (Phi) is 9.41. The third kappa shape index (κ3) is 7.69. The topological polar surface area (TPSA) is 119 Å². The Morgan fingerprint density at radius 2 is 1.73 bits per heavy atom. The number of nitrogens with one attached hydrogen (secondary N) is 3. The summed E-state index contributed by atoms with van der Waals surface area (Å²) in [5.74, 6) is 0.343. The van der Waals surface area contributed by atoms with Crippen LogP contribution in [0.15, 0.2) is 72.9 Å². The van der Waals surface area contributed by atoms with Crippen LogP contribution in [0.25, 0.3) is 5.69 Å². The molecule has 0 radical (unpaired) electrons. The van der Waals surface area contributed by atoms with Crippen LogP contribution in [0.5, 0.6) is 0 Å². The molecule has 230 valence electrons. The fourth-order valence-electron chi connectivity index (χ4n) is 5.21. The Morgan fingerprint density at radius 3 is 2.45 bits per heavy atom. The van der Waals surface area contributed by atoms with E-state index in [1.165, 1.54) is 6.92 Å². The maximum absolute atomic E-state index is 13.4. The summed E-state index contributed by atoms with van der Waals surface area (Å²) >= 11 is 0. The number of carbonyl (C=O) groups is 2. The number of ether oxygens (including phenoxy) is 1. The van der Waals surface area contributed by atoms with Gasteiger partial charge in [0.2, 0.25) is 5.91 Å². The molecule has 2 heterocycles. The first-order chi connectivity index (χ1) is 21.1. The van der Waals surface area contributed by atoms with Crippen molar-refractivity contribution in [3.05, 3.63) is 107 Å². The van der Waals surface area contributed by atoms with Gasteiger partial charge in [-0.3, -0.25) is 19.9 Å². The van der Waals surface area contributed by atoms with Gasteiger partial charge in [-0.25, -0.2) is 15.0 Å². The molecule has 2 aromatic heterocycles. The number of fused-ring (bicyclic) bond motifs is 1. The van der Waals surface area contributed by atoms with Crippen molar-refractivity contribution in [2.24, 2.45) is 0 Å². The van der Waals surface area contributed by atoms with Gasteiger partial charge in [0.1, 0.15) is 12.4 Å². The second-order valence-electron chi connectivity index (χ2n) is 12.2. The largest absolute Gasteiger partial charge is 0.369 e. The zero-order chi connectivity index (χ0) is 31.3. The molecule has 0 aliphatic heterocycles. The summed E-state index contributed by atoms with van der Waals surface area (Å²) in [5, 5.41) is 11.1. The summed E-state index contributed by atoms with van der Waals surface area (Å²) in [6.07, 6.45) is 3.07. The van der Waals surface area contributed by atoms with Crippen LogP contribution in [0, 0.1) is 6.92 Å². The third-order valence-corrected chi connectivity index (χ3v) is 7.51. The van der Waals surface area contributed by atoms with E-state index in [0.717, 1.165) is 46.5 Å². The fourth-order valence-corrected chi connectivity index (χ4v) is 5.21. The molecule has 5 rings (SSSR count).